The summed E-state index contributed by atoms with van der Waals surface area (Å²) in [5.74, 6) is -0.368. The third kappa shape index (κ3) is 3.57. The Labute approximate surface area is 136 Å². The molecule has 1 aliphatic rings. The van der Waals surface area contributed by atoms with Crippen molar-refractivity contribution < 1.29 is 17.9 Å². The maximum Gasteiger partial charge on any atom is 0.255 e. The molecule has 9 heteroatoms. The molecule has 1 amide bonds. The van der Waals surface area contributed by atoms with Crippen LogP contribution in [0.1, 0.15) is 16.8 Å². The first kappa shape index (κ1) is 16.7. The monoisotopic (exact) mass is 396 g/mol. The highest BCUT2D eigenvalue weighted by atomic mass is 79.9. The van der Waals surface area contributed by atoms with Crippen LogP contribution in [0.5, 0.6) is 0 Å². The maximum absolute atomic E-state index is 12.5. The zero-order valence-corrected chi connectivity index (χ0v) is 14.3. The Morgan fingerprint density at radius 1 is 1.52 bits per heavy atom. The first-order chi connectivity index (χ1) is 9.71. The minimum atomic E-state index is -3.95. The molecule has 116 valence electrons. The average Bonchev–Trinajstić information content (AvgIpc) is 2.89. The van der Waals surface area contributed by atoms with E-state index < -0.39 is 10.0 Å². The van der Waals surface area contributed by atoms with Crippen molar-refractivity contribution in [2.75, 3.05) is 20.3 Å². The molecule has 1 aliphatic heterocycles. The fourth-order valence-electron chi connectivity index (χ4n) is 2.09. The number of hydrogen-bond acceptors (Lipinski definition) is 4. The van der Waals surface area contributed by atoms with Gasteiger partial charge in [-0.15, -0.1) is 0 Å². The standard InChI is InChI=1S/C12H14BrClN2O4S/c1-16(7-2-3-20-6-7)12(17)8-4-11(21(15,18)19)9(13)5-10(8)14/h4-5,7H,2-3,6H2,1H3,(H2,15,18,19). The Morgan fingerprint density at radius 3 is 2.71 bits per heavy atom. The quantitative estimate of drug-likeness (QED) is 0.839. The van der Waals surface area contributed by atoms with E-state index >= 15 is 0 Å². The number of sulfonamides is 1. The lowest BCUT2D eigenvalue weighted by Gasteiger charge is -2.24. The van der Waals surface area contributed by atoms with Crippen molar-refractivity contribution in [1.29, 1.82) is 0 Å². The van der Waals surface area contributed by atoms with Gasteiger partial charge in [0, 0.05) is 18.1 Å². The van der Waals surface area contributed by atoms with Crippen LogP contribution in [0.25, 0.3) is 0 Å². The van der Waals surface area contributed by atoms with Crippen LogP contribution < -0.4 is 5.14 Å². The number of amides is 1. The van der Waals surface area contributed by atoms with Crippen LogP contribution in [0.3, 0.4) is 0 Å². The van der Waals surface area contributed by atoms with E-state index in [0.29, 0.717) is 13.2 Å². The largest absolute Gasteiger partial charge is 0.379 e. The summed E-state index contributed by atoms with van der Waals surface area (Å²) in [6.45, 7) is 1.05. The van der Waals surface area contributed by atoms with Crippen LogP contribution in [0.15, 0.2) is 21.5 Å². The van der Waals surface area contributed by atoms with Crippen molar-refractivity contribution in [2.24, 2.45) is 5.14 Å². The van der Waals surface area contributed by atoms with Crippen molar-refractivity contribution in [3.05, 3.63) is 27.2 Å². The highest BCUT2D eigenvalue weighted by molar-refractivity contribution is 9.10. The molecule has 0 radical (unpaired) electrons. The number of rotatable bonds is 3. The lowest BCUT2D eigenvalue weighted by Crippen LogP contribution is -2.37. The van der Waals surface area contributed by atoms with Gasteiger partial charge in [-0.3, -0.25) is 4.79 Å². The Morgan fingerprint density at radius 2 is 2.19 bits per heavy atom. The minimum Gasteiger partial charge on any atom is -0.379 e. The van der Waals surface area contributed by atoms with Gasteiger partial charge in [-0.1, -0.05) is 11.6 Å². The predicted octanol–water partition coefficient (Wildman–Crippen LogP) is 1.61. The average molecular weight is 398 g/mol. The van der Waals surface area contributed by atoms with E-state index in [1.807, 2.05) is 0 Å². The van der Waals surface area contributed by atoms with Crippen molar-refractivity contribution >= 4 is 43.5 Å². The molecule has 0 bridgehead atoms. The number of nitrogens with two attached hydrogens (primary N) is 1. The summed E-state index contributed by atoms with van der Waals surface area (Å²) < 4.78 is 28.5. The summed E-state index contributed by atoms with van der Waals surface area (Å²) in [4.78, 5) is 13.8. The van der Waals surface area contributed by atoms with Gasteiger partial charge in [0.1, 0.15) is 0 Å². The molecular formula is C12H14BrClN2O4S. The van der Waals surface area contributed by atoms with Crippen molar-refractivity contribution in [1.82, 2.24) is 4.90 Å². The van der Waals surface area contributed by atoms with Gasteiger partial charge in [-0.2, -0.15) is 0 Å². The molecule has 0 saturated carbocycles. The van der Waals surface area contributed by atoms with Crippen LogP contribution in [0.4, 0.5) is 0 Å². The molecule has 0 aromatic heterocycles. The van der Waals surface area contributed by atoms with Crippen molar-refractivity contribution in [3.8, 4) is 0 Å². The zero-order chi connectivity index (χ0) is 15.8. The molecule has 0 aliphatic carbocycles. The Balaban J connectivity index is 2.41. The number of benzene rings is 1. The van der Waals surface area contributed by atoms with Gasteiger partial charge in [-0.25, -0.2) is 13.6 Å². The summed E-state index contributed by atoms with van der Waals surface area (Å²) in [6.07, 6.45) is 0.735. The highest BCUT2D eigenvalue weighted by Gasteiger charge is 2.27. The van der Waals surface area contributed by atoms with Gasteiger partial charge in [0.2, 0.25) is 10.0 Å². The Bertz CT molecular complexity index is 674. The normalized spacial score (nSPS) is 18.8. The number of carbonyl (C=O) groups is 1. The number of halogens is 2. The van der Waals surface area contributed by atoms with Gasteiger partial charge in [0.25, 0.3) is 5.91 Å². The second kappa shape index (κ2) is 6.21. The first-order valence-electron chi connectivity index (χ1n) is 6.08. The highest BCUT2D eigenvalue weighted by Crippen LogP contribution is 2.29. The molecule has 6 nitrogen and oxygen atoms in total. The fourth-order valence-corrected chi connectivity index (χ4v) is 4.10. The second-order valence-corrected chi connectivity index (χ2v) is 7.53. The minimum absolute atomic E-state index is 0.0462. The Hall–Kier alpha value is -0.670. The summed E-state index contributed by atoms with van der Waals surface area (Å²) >= 11 is 9.13. The second-order valence-electron chi connectivity index (χ2n) is 4.74. The summed E-state index contributed by atoms with van der Waals surface area (Å²) in [5.41, 5.74) is 0.0956. The van der Waals surface area contributed by atoms with E-state index in [0.717, 1.165) is 6.42 Å². The molecule has 1 heterocycles. The van der Waals surface area contributed by atoms with Gasteiger partial charge < -0.3 is 9.64 Å². The van der Waals surface area contributed by atoms with E-state index in [1.54, 1.807) is 7.05 Å². The molecule has 2 rings (SSSR count). The summed E-state index contributed by atoms with van der Waals surface area (Å²) in [5, 5.41) is 5.29. The van der Waals surface area contributed by atoms with Crippen LogP contribution in [-0.4, -0.2) is 45.5 Å². The van der Waals surface area contributed by atoms with Gasteiger partial charge >= 0.3 is 0 Å². The lowest BCUT2D eigenvalue weighted by molar-refractivity contribution is 0.0711. The van der Waals surface area contributed by atoms with E-state index in [1.165, 1.54) is 17.0 Å². The summed E-state index contributed by atoms with van der Waals surface area (Å²) in [6, 6.07) is 2.50. The van der Waals surface area contributed by atoms with Gasteiger partial charge in [0.15, 0.2) is 0 Å². The number of primary sulfonamides is 1. The number of ether oxygens (including phenoxy) is 1. The molecular weight excluding hydrogens is 384 g/mol. The topological polar surface area (TPSA) is 89.7 Å². The third-order valence-corrected chi connectivity index (χ3v) is 5.51. The van der Waals surface area contributed by atoms with E-state index in [4.69, 9.17) is 21.5 Å². The van der Waals surface area contributed by atoms with Crippen LogP contribution in [-0.2, 0) is 14.8 Å². The summed E-state index contributed by atoms with van der Waals surface area (Å²) in [7, 11) is -2.32. The number of carbonyl (C=O) groups excluding carboxylic acids is 1. The maximum atomic E-state index is 12.5. The molecule has 0 spiro atoms. The van der Waals surface area contributed by atoms with Crippen LogP contribution in [0, 0.1) is 0 Å². The van der Waals surface area contributed by atoms with Gasteiger partial charge in [-0.05, 0) is 34.5 Å². The zero-order valence-electron chi connectivity index (χ0n) is 11.2. The molecule has 1 aromatic carbocycles. The molecule has 21 heavy (non-hydrogen) atoms. The van der Waals surface area contributed by atoms with Crippen LogP contribution >= 0.6 is 27.5 Å². The Kier molecular flexibility index (Phi) is 4.94. The number of likely N-dealkylation sites (N-methyl/N-ethyl adjacent to an activating group) is 1. The third-order valence-electron chi connectivity index (χ3n) is 3.33. The SMILES string of the molecule is CN(C(=O)c1cc(S(N)(=O)=O)c(Br)cc1Cl)C1CCOC1. The van der Waals surface area contributed by atoms with Crippen molar-refractivity contribution in [2.45, 2.75) is 17.4 Å². The molecule has 1 aromatic rings. The van der Waals surface area contributed by atoms with Gasteiger partial charge in [0.05, 0.1) is 28.1 Å². The van der Waals surface area contributed by atoms with E-state index in [2.05, 4.69) is 15.9 Å². The fraction of sp³-hybridized carbons (Fsp3) is 0.417. The molecule has 2 N–H and O–H groups in total. The van der Waals surface area contributed by atoms with E-state index in [9.17, 15) is 13.2 Å². The molecule has 1 atom stereocenters. The first-order valence-corrected chi connectivity index (χ1v) is 8.80. The van der Waals surface area contributed by atoms with E-state index in [-0.39, 0.29) is 31.9 Å². The van der Waals surface area contributed by atoms with Crippen molar-refractivity contribution in [3.63, 3.8) is 0 Å². The molecule has 1 fully saturated rings. The number of nitrogens with zero attached hydrogens (tertiary/aromatic N) is 1. The molecule has 1 saturated heterocycles. The predicted molar refractivity (Wildman–Crippen MR) is 81.8 cm³/mol. The number of hydrogen-bond donors (Lipinski definition) is 1. The smallest absolute Gasteiger partial charge is 0.255 e. The van der Waals surface area contributed by atoms with Crippen LogP contribution in [0.2, 0.25) is 5.02 Å². The lowest BCUT2D eigenvalue weighted by atomic mass is 10.1. The molecule has 1 unspecified atom stereocenters.